The smallest absolute Gasteiger partial charge is 0.232 e. The van der Waals surface area contributed by atoms with E-state index in [1.807, 2.05) is 56.3 Å². The quantitative estimate of drug-likeness (QED) is 0.654. The average molecular weight is 439 g/mol. The minimum atomic E-state index is -0.220. The maximum Gasteiger partial charge on any atom is 0.232 e. The molecule has 162 valence electrons. The summed E-state index contributed by atoms with van der Waals surface area (Å²) in [5.41, 5.74) is 5.15. The highest BCUT2D eigenvalue weighted by atomic mass is 35.5. The first kappa shape index (κ1) is 21.4. The summed E-state index contributed by atoms with van der Waals surface area (Å²) < 4.78 is 5.55. The maximum atomic E-state index is 13.5. The summed E-state index contributed by atoms with van der Waals surface area (Å²) in [7, 11) is 5.54. The molecule has 2 aromatic carbocycles. The molecule has 6 heteroatoms. The summed E-state index contributed by atoms with van der Waals surface area (Å²) in [5.74, 6) is 0.407. The Bertz CT molecular complexity index is 1070. The van der Waals surface area contributed by atoms with Gasteiger partial charge in [0.05, 0.1) is 12.8 Å². The van der Waals surface area contributed by atoms with Crippen LogP contribution in [-0.2, 0) is 9.59 Å². The Hall–Kier alpha value is -2.79. The van der Waals surface area contributed by atoms with Gasteiger partial charge < -0.3 is 9.64 Å². The number of rotatable bonds is 4. The number of carbonyl (C=O) groups is 2. The van der Waals surface area contributed by atoms with Crippen molar-refractivity contribution in [3.05, 3.63) is 63.8 Å². The highest BCUT2D eigenvalue weighted by molar-refractivity contribution is 6.31. The van der Waals surface area contributed by atoms with Crippen LogP contribution in [0.3, 0.4) is 0 Å². The molecular weight excluding hydrogens is 412 g/mol. The molecule has 2 aromatic rings. The zero-order chi connectivity index (χ0) is 22.3. The van der Waals surface area contributed by atoms with Crippen LogP contribution in [0.15, 0.2) is 47.7 Å². The number of ketones is 1. The van der Waals surface area contributed by atoms with Crippen molar-refractivity contribution in [1.82, 2.24) is 0 Å². The zero-order valence-corrected chi connectivity index (χ0v) is 19.1. The summed E-state index contributed by atoms with van der Waals surface area (Å²) in [6, 6.07) is 11.7. The SMILES string of the molecule is COc1cc(Cl)c(C)cc1N1C(=O)CC(c2ccc(N(C)C)cc2)C2=C1CCCC2=O. The Morgan fingerprint density at radius 2 is 1.81 bits per heavy atom. The fourth-order valence-corrected chi connectivity index (χ4v) is 4.70. The lowest BCUT2D eigenvalue weighted by atomic mass is 9.77. The van der Waals surface area contributed by atoms with Crippen LogP contribution in [0.1, 0.15) is 42.7 Å². The normalized spacial score (nSPS) is 18.9. The Morgan fingerprint density at radius 1 is 1.10 bits per heavy atom. The molecule has 5 nitrogen and oxygen atoms in total. The number of hydrogen-bond acceptors (Lipinski definition) is 4. The zero-order valence-electron chi connectivity index (χ0n) is 18.4. The molecular formula is C25H27ClN2O3. The molecule has 1 aliphatic carbocycles. The Kier molecular flexibility index (Phi) is 5.80. The van der Waals surface area contributed by atoms with Gasteiger partial charge in [-0.25, -0.2) is 0 Å². The number of Topliss-reactive ketones (excluding diaryl/α,β-unsaturated/α-hetero) is 1. The minimum Gasteiger partial charge on any atom is -0.495 e. The number of methoxy groups -OCH3 is 1. The Balaban J connectivity index is 1.85. The van der Waals surface area contributed by atoms with Gasteiger partial charge in [0.2, 0.25) is 5.91 Å². The maximum absolute atomic E-state index is 13.5. The number of hydrogen-bond donors (Lipinski definition) is 0. The van der Waals surface area contributed by atoms with E-state index in [9.17, 15) is 9.59 Å². The van der Waals surface area contributed by atoms with Crippen molar-refractivity contribution in [3.63, 3.8) is 0 Å². The number of anilines is 2. The molecule has 0 aromatic heterocycles. The van der Waals surface area contributed by atoms with Gasteiger partial charge in [0.15, 0.2) is 5.78 Å². The molecule has 1 atom stereocenters. The largest absolute Gasteiger partial charge is 0.495 e. The first-order chi connectivity index (χ1) is 14.8. The van der Waals surface area contributed by atoms with Gasteiger partial charge in [-0.05, 0) is 49.1 Å². The Labute approximate surface area is 188 Å². The van der Waals surface area contributed by atoms with Crippen molar-refractivity contribution in [2.24, 2.45) is 0 Å². The fourth-order valence-electron chi connectivity index (χ4n) is 4.55. The third kappa shape index (κ3) is 3.83. The number of amides is 1. The standard InChI is InChI=1S/C25H27ClN2O3/c1-15-12-21(23(31-4)14-19(15)26)28-20-6-5-7-22(29)25(20)18(13-24(28)30)16-8-10-17(11-9-16)27(2)3/h8-12,14,18H,5-7,13H2,1-4H3. The van der Waals surface area contributed by atoms with Gasteiger partial charge in [-0.2, -0.15) is 0 Å². The van der Waals surface area contributed by atoms with Gasteiger partial charge in [-0.3, -0.25) is 14.5 Å². The molecule has 1 unspecified atom stereocenters. The first-order valence-electron chi connectivity index (χ1n) is 10.5. The summed E-state index contributed by atoms with van der Waals surface area (Å²) >= 11 is 6.29. The van der Waals surface area contributed by atoms with Crippen LogP contribution < -0.4 is 14.5 Å². The van der Waals surface area contributed by atoms with E-state index >= 15 is 0 Å². The predicted octanol–water partition coefficient (Wildman–Crippen LogP) is 5.25. The van der Waals surface area contributed by atoms with E-state index < -0.39 is 0 Å². The van der Waals surface area contributed by atoms with Gasteiger partial charge in [0.25, 0.3) is 0 Å². The molecule has 0 saturated heterocycles. The summed E-state index contributed by atoms with van der Waals surface area (Å²) in [6.45, 7) is 1.90. The lowest BCUT2D eigenvalue weighted by Gasteiger charge is -2.39. The second-order valence-corrected chi connectivity index (χ2v) is 8.79. The van der Waals surface area contributed by atoms with Crippen molar-refractivity contribution in [2.75, 3.05) is 31.0 Å². The monoisotopic (exact) mass is 438 g/mol. The van der Waals surface area contributed by atoms with Gasteiger partial charge >= 0.3 is 0 Å². The van der Waals surface area contributed by atoms with E-state index in [2.05, 4.69) is 0 Å². The molecule has 2 aliphatic rings. The summed E-state index contributed by atoms with van der Waals surface area (Å²) in [6.07, 6.45) is 2.19. The van der Waals surface area contributed by atoms with Crippen LogP contribution in [0.2, 0.25) is 5.02 Å². The molecule has 0 bridgehead atoms. The number of nitrogens with zero attached hydrogens (tertiary/aromatic N) is 2. The van der Waals surface area contributed by atoms with Gasteiger partial charge in [0.1, 0.15) is 5.75 Å². The number of benzene rings is 2. The molecule has 1 heterocycles. The van der Waals surface area contributed by atoms with Gasteiger partial charge in [0, 0.05) is 60.9 Å². The van der Waals surface area contributed by atoms with Crippen LogP contribution in [0.4, 0.5) is 11.4 Å². The highest BCUT2D eigenvalue weighted by Crippen LogP contribution is 2.46. The van der Waals surface area contributed by atoms with Crippen LogP contribution >= 0.6 is 11.6 Å². The lowest BCUT2D eigenvalue weighted by molar-refractivity contribution is -0.119. The number of ether oxygens (including phenoxy) is 1. The van der Waals surface area contributed by atoms with E-state index in [4.69, 9.17) is 16.3 Å². The molecule has 1 aliphatic heterocycles. The lowest BCUT2D eigenvalue weighted by Crippen LogP contribution is -2.40. The number of carbonyl (C=O) groups excluding carboxylic acids is 2. The van der Waals surface area contributed by atoms with Crippen LogP contribution in [-0.4, -0.2) is 32.9 Å². The second kappa shape index (κ2) is 8.39. The van der Waals surface area contributed by atoms with E-state index in [-0.39, 0.29) is 24.0 Å². The summed E-state index contributed by atoms with van der Waals surface area (Å²) in [4.78, 5) is 30.3. The summed E-state index contributed by atoms with van der Waals surface area (Å²) in [5, 5.41) is 0.581. The molecule has 0 saturated carbocycles. The minimum absolute atomic E-state index is 0.0323. The van der Waals surface area contributed by atoms with Crippen molar-refractivity contribution >= 4 is 34.7 Å². The number of halogens is 1. The third-order valence-electron chi connectivity index (χ3n) is 6.19. The highest BCUT2D eigenvalue weighted by Gasteiger charge is 2.40. The van der Waals surface area contributed by atoms with Crippen molar-refractivity contribution in [1.29, 1.82) is 0 Å². The molecule has 1 amide bonds. The fraction of sp³-hybridized carbons (Fsp3) is 0.360. The molecule has 31 heavy (non-hydrogen) atoms. The number of aryl methyl sites for hydroxylation is 1. The number of allylic oxidation sites excluding steroid dienone is 2. The second-order valence-electron chi connectivity index (χ2n) is 8.38. The molecule has 0 radical (unpaired) electrons. The third-order valence-corrected chi connectivity index (χ3v) is 6.60. The van der Waals surface area contributed by atoms with Crippen LogP contribution in [0, 0.1) is 6.92 Å². The average Bonchev–Trinajstić information content (AvgIpc) is 2.75. The van der Waals surface area contributed by atoms with E-state index in [0.29, 0.717) is 29.3 Å². The van der Waals surface area contributed by atoms with Crippen molar-refractivity contribution in [3.8, 4) is 5.75 Å². The van der Waals surface area contributed by atoms with E-state index in [1.54, 1.807) is 18.1 Å². The van der Waals surface area contributed by atoms with Crippen molar-refractivity contribution in [2.45, 2.75) is 38.5 Å². The predicted molar refractivity (Wildman–Crippen MR) is 124 cm³/mol. The van der Waals surface area contributed by atoms with Gasteiger partial charge in [-0.1, -0.05) is 23.7 Å². The van der Waals surface area contributed by atoms with E-state index in [1.165, 1.54) is 0 Å². The van der Waals surface area contributed by atoms with E-state index in [0.717, 1.165) is 34.5 Å². The first-order valence-corrected chi connectivity index (χ1v) is 10.9. The molecule has 0 spiro atoms. The van der Waals surface area contributed by atoms with Crippen LogP contribution in [0.25, 0.3) is 0 Å². The Morgan fingerprint density at radius 3 is 2.45 bits per heavy atom. The molecule has 0 N–H and O–H groups in total. The topological polar surface area (TPSA) is 49.9 Å². The van der Waals surface area contributed by atoms with Crippen molar-refractivity contribution < 1.29 is 14.3 Å². The van der Waals surface area contributed by atoms with Gasteiger partial charge in [-0.15, -0.1) is 0 Å². The molecule has 4 rings (SSSR count). The molecule has 0 fully saturated rings. The van der Waals surface area contributed by atoms with Crippen LogP contribution in [0.5, 0.6) is 5.75 Å².